The van der Waals surface area contributed by atoms with Crippen molar-refractivity contribution in [3.05, 3.63) is 17.5 Å². The van der Waals surface area contributed by atoms with Gasteiger partial charge in [0.25, 0.3) is 0 Å². The van der Waals surface area contributed by atoms with Crippen molar-refractivity contribution in [3.63, 3.8) is 0 Å². The fourth-order valence-electron chi connectivity index (χ4n) is 1.71. The van der Waals surface area contributed by atoms with Crippen molar-refractivity contribution in [2.45, 2.75) is 54.4 Å². The summed E-state index contributed by atoms with van der Waals surface area (Å²) in [5.41, 5.74) is 3.07. The van der Waals surface area contributed by atoms with E-state index in [-0.39, 0.29) is 0 Å². The summed E-state index contributed by atoms with van der Waals surface area (Å²) in [7, 11) is 0. The van der Waals surface area contributed by atoms with Crippen LogP contribution in [0.1, 0.15) is 52.9 Å². The molecule has 1 heterocycles. The molecule has 0 aliphatic rings. The Morgan fingerprint density at radius 3 is 2.00 bits per heavy atom. The predicted octanol–water partition coefficient (Wildman–Crippen LogP) is 3.59. The zero-order chi connectivity index (χ0) is 11.7. The van der Waals surface area contributed by atoms with Crippen LogP contribution in [0.3, 0.4) is 0 Å². The van der Waals surface area contributed by atoms with Crippen LogP contribution >= 0.6 is 0 Å². The smallest absolute Gasteiger partial charge is 0.0630 e. The van der Waals surface area contributed by atoms with Crippen molar-refractivity contribution >= 4 is 0 Å². The zero-order valence-corrected chi connectivity index (χ0v) is 10.9. The minimum Gasteiger partial charge on any atom is -0.282 e. The normalized spacial score (nSPS) is 13.2. The third-order valence-corrected chi connectivity index (χ3v) is 2.12. The molecule has 0 aliphatic carbocycles. The number of nitrogens with one attached hydrogen (secondary N) is 1. The van der Waals surface area contributed by atoms with Gasteiger partial charge in [-0.05, 0) is 29.7 Å². The Kier molecular flexibility index (Phi) is 3.27. The molecule has 86 valence electrons. The van der Waals surface area contributed by atoms with Crippen LogP contribution in [0, 0.1) is 10.8 Å². The van der Waals surface area contributed by atoms with Crippen molar-refractivity contribution < 1.29 is 0 Å². The minimum absolute atomic E-state index is 0.314. The maximum absolute atomic E-state index is 4.36. The quantitative estimate of drug-likeness (QED) is 0.790. The predicted molar refractivity (Wildman–Crippen MR) is 64.9 cm³/mol. The Labute approximate surface area is 93.5 Å². The lowest BCUT2D eigenvalue weighted by molar-refractivity contribution is 0.406. The fourth-order valence-corrected chi connectivity index (χ4v) is 1.71. The molecule has 1 N–H and O–H groups in total. The lowest BCUT2D eigenvalue weighted by Crippen LogP contribution is -2.09. The van der Waals surface area contributed by atoms with Gasteiger partial charge < -0.3 is 0 Å². The van der Waals surface area contributed by atoms with Gasteiger partial charge >= 0.3 is 0 Å². The van der Waals surface area contributed by atoms with Crippen LogP contribution in [0.15, 0.2) is 6.07 Å². The molecule has 0 fully saturated rings. The van der Waals surface area contributed by atoms with E-state index in [1.807, 2.05) is 0 Å². The highest BCUT2D eigenvalue weighted by Crippen LogP contribution is 2.22. The highest BCUT2D eigenvalue weighted by molar-refractivity contribution is 5.11. The second-order valence-corrected chi connectivity index (χ2v) is 6.86. The molecular formula is C13H24N2. The van der Waals surface area contributed by atoms with E-state index in [1.54, 1.807) is 0 Å². The van der Waals surface area contributed by atoms with Gasteiger partial charge in [-0.2, -0.15) is 5.10 Å². The van der Waals surface area contributed by atoms with Gasteiger partial charge in [0.15, 0.2) is 0 Å². The Bertz CT molecular complexity index is 280. The molecule has 0 saturated carbocycles. The average molecular weight is 208 g/mol. The summed E-state index contributed by atoms with van der Waals surface area (Å²) in [4.78, 5) is 0. The van der Waals surface area contributed by atoms with E-state index in [0.29, 0.717) is 10.8 Å². The summed E-state index contributed by atoms with van der Waals surface area (Å²) in [6, 6.07) is 2.20. The Hall–Kier alpha value is -0.790. The molecular weight excluding hydrogens is 184 g/mol. The molecule has 0 spiro atoms. The van der Waals surface area contributed by atoms with Crippen molar-refractivity contribution in [1.82, 2.24) is 10.2 Å². The first-order valence-electron chi connectivity index (χ1n) is 5.69. The van der Waals surface area contributed by atoms with Gasteiger partial charge in [-0.25, -0.2) is 0 Å². The average Bonchev–Trinajstić information content (AvgIpc) is 2.28. The van der Waals surface area contributed by atoms with Crippen LogP contribution in [0.25, 0.3) is 0 Å². The molecule has 0 saturated heterocycles. The van der Waals surface area contributed by atoms with Crippen LogP contribution in [-0.4, -0.2) is 10.2 Å². The van der Waals surface area contributed by atoms with Crippen molar-refractivity contribution in [2.75, 3.05) is 0 Å². The van der Waals surface area contributed by atoms with Crippen LogP contribution in [0.5, 0.6) is 0 Å². The van der Waals surface area contributed by atoms with Gasteiger partial charge in [0.05, 0.1) is 5.69 Å². The summed E-state index contributed by atoms with van der Waals surface area (Å²) in [6.07, 6.45) is 2.10. The second kappa shape index (κ2) is 3.99. The molecule has 0 aromatic carbocycles. The molecule has 1 aromatic rings. The van der Waals surface area contributed by atoms with Gasteiger partial charge in [-0.3, -0.25) is 5.10 Å². The summed E-state index contributed by atoms with van der Waals surface area (Å²) in [5.74, 6) is 0. The van der Waals surface area contributed by atoms with E-state index in [0.717, 1.165) is 12.8 Å². The lowest BCUT2D eigenvalue weighted by atomic mass is 9.89. The maximum Gasteiger partial charge on any atom is 0.0630 e. The molecule has 0 atom stereocenters. The Morgan fingerprint density at radius 2 is 1.53 bits per heavy atom. The van der Waals surface area contributed by atoms with Gasteiger partial charge in [-0.15, -0.1) is 0 Å². The SMILES string of the molecule is CC(C)(C)Cc1cc(CC(C)(C)C)[nH]n1. The number of hydrogen-bond acceptors (Lipinski definition) is 1. The number of H-pyrrole nitrogens is 1. The molecule has 0 aliphatic heterocycles. The molecule has 0 unspecified atom stereocenters. The topological polar surface area (TPSA) is 28.7 Å². The third-order valence-electron chi connectivity index (χ3n) is 2.12. The van der Waals surface area contributed by atoms with E-state index < -0.39 is 0 Å². The monoisotopic (exact) mass is 208 g/mol. The highest BCUT2D eigenvalue weighted by atomic mass is 15.1. The number of aromatic nitrogens is 2. The van der Waals surface area contributed by atoms with Crippen molar-refractivity contribution in [2.24, 2.45) is 10.8 Å². The third kappa shape index (κ3) is 5.01. The molecule has 2 nitrogen and oxygen atoms in total. The summed E-state index contributed by atoms with van der Waals surface area (Å²) in [6.45, 7) is 13.5. The van der Waals surface area contributed by atoms with Gasteiger partial charge in [0.2, 0.25) is 0 Å². The van der Waals surface area contributed by atoms with E-state index in [9.17, 15) is 0 Å². The second-order valence-electron chi connectivity index (χ2n) is 6.86. The lowest BCUT2D eigenvalue weighted by Gasteiger charge is -2.16. The molecule has 0 bridgehead atoms. The number of rotatable bonds is 2. The van der Waals surface area contributed by atoms with Crippen LogP contribution in [0.2, 0.25) is 0 Å². The van der Waals surface area contributed by atoms with Crippen LogP contribution in [-0.2, 0) is 12.8 Å². The first-order valence-corrected chi connectivity index (χ1v) is 5.69. The fraction of sp³-hybridized carbons (Fsp3) is 0.769. The van der Waals surface area contributed by atoms with E-state index in [2.05, 4.69) is 57.8 Å². The standard InChI is InChI=1S/C13H24N2/c1-12(2,3)8-10-7-11(15-14-10)9-13(4,5)6/h7H,8-9H2,1-6H3,(H,14,15). The zero-order valence-electron chi connectivity index (χ0n) is 10.9. The molecule has 2 heteroatoms. The van der Waals surface area contributed by atoms with E-state index in [1.165, 1.54) is 11.4 Å². The molecule has 1 rings (SSSR count). The van der Waals surface area contributed by atoms with E-state index >= 15 is 0 Å². The highest BCUT2D eigenvalue weighted by Gasteiger charge is 2.16. The van der Waals surface area contributed by atoms with Crippen LogP contribution in [0.4, 0.5) is 0 Å². The summed E-state index contributed by atoms with van der Waals surface area (Å²) >= 11 is 0. The van der Waals surface area contributed by atoms with Crippen molar-refractivity contribution in [1.29, 1.82) is 0 Å². The number of aromatic amines is 1. The number of hydrogen-bond donors (Lipinski definition) is 1. The summed E-state index contributed by atoms with van der Waals surface area (Å²) < 4.78 is 0. The Morgan fingerprint density at radius 1 is 1.00 bits per heavy atom. The van der Waals surface area contributed by atoms with E-state index in [4.69, 9.17) is 0 Å². The maximum atomic E-state index is 4.36. The van der Waals surface area contributed by atoms with Gasteiger partial charge in [-0.1, -0.05) is 41.5 Å². The van der Waals surface area contributed by atoms with Gasteiger partial charge in [0, 0.05) is 5.69 Å². The first kappa shape index (κ1) is 12.3. The molecule has 15 heavy (non-hydrogen) atoms. The Balaban J connectivity index is 2.65. The minimum atomic E-state index is 0.314. The van der Waals surface area contributed by atoms with Crippen LogP contribution < -0.4 is 0 Å². The number of nitrogens with zero attached hydrogens (tertiary/aromatic N) is 1. The van der Waals surface area contributed by atoms with Crippen molar-refractivity contribution in [3.8, 4) is 0 Å². The largest absolute Gasteiger partial charge is 0.282 e. The molecule has 0 radical (unpaired) electrons. The van der Waals surface area contributed by atoms with Gasteiger partial charge in [0.1, 0.15) is 0 Å². The molecule has 0 amide bonds. The first-order chi connectivity index (χ1) is 6.66. The molecule has 1 aromatic heterocycles. The summed E-state index contributed by atoms with van der Waals surface area (Å²) in [5, 5.41) is 7.50.